The fraction of sp³-hybridized carbons (Fsp3) is 0.600. The molecule has 4 heteroatoms. The molecule has 0 heterocycles. The summed E-state index contributed by atoms with van der Waals surface area (Å²) in [6.45, 7) is 10.9. The number of nitrogens with one attached hydrogen (secondary N) is 1. The minimum Gasteiger partial charge on any atom is -0.491 e. The van der Waals surface area contributed by atoms with Crippen LogP contribution in [-0.4, -0.2) is 25.4 Å². The van der Waals surface area contributed by atoms with Crippen molar-refractivity contribution in [1.82, 2.24) is 5.32 Å². The number of hydrogen-bond acceptors (Lipinski definition) is 3. The van der Waals surface area contributed by atoms with Gasteiger partial charge in [0.05, 0.1) is 12.2 Å². The van der Waals surface area contributed by atoms with Crippen molar-refractivity contribution in [3.05, 3.63) is 28.8 Å². The Morgan fingerprint density at radius 2 is 1.95 bits per heavy atom. The van der Waals surface area contributed by atoms with E-state index < -0.39 is 0 Å². The molecule has 0 amide bonds. The van der Waals surface area contributed by atoms with Gasteiger partial charge in [0.1, 0.15) is 12.4 Å². The van der Waals surface area contributed by atoms with Gasteiger partial charge in [0.15, 0.2) is 0 Å². The molecule has 3 nitrogen and oxygen atoms in total. The number of ether oxygens (including phenoxy) is 2. The normalized spacial score (nSPS) is 11.6. The summed E-state index contributed by atoms with van der Waals surface area (Å²) in [5, 5.41) is 4.00. The van der Waals surface area contributed by atoms with E-state index in [1.165, 1.54) is 0 Å². The monoisotopic (exact) mass is 285 g/mol. The lowest BCUT2D eigenvalue weighted by molar-refractivity contribution is -0.0164. The van der Waals surface area contributed by atoms with Gasteiger partial charge < -0.3 is 14.8 Å². The van der Waals surface area contributed by atoms with Crippen LogP contribution in [0.3, 0.4) is 0 Å². The molecular formula is C15H24ClNO2. The molecule has 0 aliphatic carbocycles. The third kappa shape index (κ3) is 6.28. The van der Waals surface area contributed by atoms with E-state index in [-0.39, 0.29) is 5.60 Å². The average Bonchev–Trinajstić information content (AvgIpc) is 2.32. The smallest absolute Gasteiger partial charge is 0.125 e. The Kier molecular flexibility index (Phi) is 6.63. The zero-order valence-corrected chi connectivity index (χ0v) is 13.0. The minimum atomic E-state index is -0.135. The zero-order chi connectivity index (χ0) is 14.3. The SMILES string of the molecule is CCNCc1c(Cl)cccc1OCCOC(C)(C)C. The molecule has 1 N–H and O–H groups in total. The molecule has 19 heavy (non-hydrogen) atoms. The van der Waals surface area contributed by atoms with Crippen molar-refractivity contribution in [3.63, 3.8) is 0 Å². The third-order valence-corrected chi connectivity index (χ3v) is 2.86. The van der Waals surface area contributed by atoms with Crippen LogP contribution in [-0.2, 0) is 11.3 Å². The number of rotatable bonds is 7. The predicted molar refractivity (Wildman–Crippen MR) is 80.0 cm³/mol. The molecule has 0 saturated heterocycles. The number of benzene rings is 1. The van der Waals surface area contributed by atoms with Gasteiger partial charge >= 0.3 is 0 Å². The predicted octanol–water partition coefficient (Wildman–Crippen LogP) is 3.64. The lowest BCUT2D eigenvalue weighted by Gasteiger charge is -2.20. The molecule has 0 atom stereocenters. The molecule has 0 unspecified atom stereocenters. The quantitative estimate of drug-likeness (QED) is 0.776. The molecule has 1 aromatic rings. The van der Waals surface area contributed by atoms with E-state index in [0.29, 0.717) is 19.8 Å². The maximum atomic E-state index is 6.20. The van der Waals surface area contributed by atoms with E-state index in [1.807, 2.05) is 39.0 Å². The van der Waals surface area contributed by atoms with Crippen LogP contribution in [0, 0.1) is 0 Å². The van der Waals surface area contributed by atoms with Crippen molar-refractivity contribution in [1.29, 1.82) is 0 Å². The molecule has 0 bridgehead atoms. The Morgan fingerprint density at radius 1 is 1.21 bits per heavy atom. The molecule has 108 valence electrons. The Morgan fingerprint density at radius 3 is 2.58 bits per heavy atom. The van der Waals surface area contributed by atoms with Crippen molar-refractivity contribution in [2.45, 2.75) is 39.8 Å². The van der Waals surface area contributed by atoms with Crippen LogP contribution in [0.5, 0.6) is 5.75 Å². The average molecular weight is 286 g/mol. The van der Waals surface area contributed by atoms with Crippen molar-refractivity contribution in [2.24, 2.45) is 0 Å². The van der Waals surface area contributed by atoms with Gasteiger partial charge in [-0.05, 0) is 39.4 Å². The summed E-state index contributed by atoms with van der Waals surface area (Å²) in [4.78, 5) is 0. The molecule has 0 aromatic heterocycles. The van der Waals surface area contributed by atoms with Gasteiger partial charge in [0.25, 0.3) is 0 Å². The topological polar surface area (TPSA) is 30.5 Å². The first kappa shape index (κ1) is 16.3. The van der Waals surface area contributed by atoms with E-state index in [9.17, 15) is 0 Å². The number of halogens is 1. The van der Waals surface area contributed by atoms with Crippen molar-refractivity contribution in [2.75, 3.05) is 19.8 Å². The standard InChI is InChI=1S/C15H24ClNO2/c1-5-17-11-12-13(16)7-6-8-14(12)18-9-10-19-15(2,3)4/h6-8,17H,5,9-11H2,1-4H3. The lowest BCUT2D eigenvalue weighted by atomic mass is 10.2. The second-order valence-electron chi connectivity index (χ2n) is 5.31. The lowest BCUT2D eigenvalue weighted by Crippen LogP contribution is -2.22. The molecule has 1 aromatic carbocycles. The first-order chi connectivity index (χ1) is 8.94. The summed E-state index contributed by atoms with van der Waals surface area (Å²) >= 11 is 6.20. The van der Waals surface area contributed by atoms with Crippen LogP contribution in [0.15, 0.2) is 18.2 Å². The van der Waals surface area contributed by atoms with E-state index in [2.05, 4.69) is 12.2 Å². The van der Waals surface area contributed by atoms with Gasteiger partial charge in [-0.25, -0.2) is 0 Å². The summed E-state index contributed by atoms with van der Waals surface area (Å²) < 4.78 is 11.4. The summed E-state index contributed by atoms with van der Waals surface area (Å²) in [6.07, 6.45) is 0. The molecule has 0 spiro atoms. The van der Waals surface area contributed by atoms with Crippen molar-refractivity contribution in [3.8, 4) is 5.75 Å². The van der Waals surface area contributed by atoms with E-state index >= 15 is 0 Å². The molecule has 0 aliphatic heterocycles. The molecule has 0 radical (unpaired) electrons. The van der Waals surface area contributed by atoms with Crippen molar-refractivity contribution < 1.29 is 9.47 Å². The second kappa shape index (κ2) is 7.73. The zero-order valence-electron chi connectivity index (χ0n) is 12.3. The highest BCUT2D eigenvalue weighted by molar-refractivity contribution is 6.31. The van der Waals surface area contributed by atoms with Crippen LogP contribution in [0.2, 0.25) is 5.02 Å². The van der Waals surface area contributed by atoms with Crippen LogP contribution in [0.1, 0.15) is 33.3 Å². The summed E-state index contributed by atoms with van der Waals surface area (Å²) in [6, 6.07) is 5.72. The Bertz CT molecular complexity index is 388. The van der Waals surface area contributed by atoms with Crippen LogP contribution >= 0.6 is 11.6 Å². The van der Waals surface area contributed by atoms with E-state index in [0.717, 1.165) is 22.9 Å². The van der Waals surface area contributed by atoms with Crippen LogP contribution < -0.4 is 10.1 Å². The highest BCUT2D eigenvalue weighted by Crippen LogP contribution is 2.26. The Balaban J connectivity index is 2.55. The van der Waals surface area contributed by atoms with E-state index in [4.69, 9.17) is 21.1 Å². The molecule has 1 rings (SSSR count). The Hall–Kier alpha value is -0.770. The van der Waals surface area contributed by atoms with Gasteiger partial charge in [0.2, 0.25) is 0 Å². The molecule has 0 fully saturated rings. The van der Waals surface area contributed by atoms with Gasteiger partial charge in [0, 0.05) is 17.1 Å². The van der Waals surface area contributed by atoms with Gasteiger partial charge in [-0.15, -0.1) is 0 Å². The fourth-order valence-electron chi connectivity index (χ4n) is 1.60. The molecular weight excluding hydrogens is 262 g/mol. The second-order valence-corrected chi connectivity index (χ2v) is 5.71. The summed E-state index contributed by atoms with van der Waals surface area (Å²) in [7, 11) is 0. The van der Waals surface area contributed by atoms with Gasteiger partial charge in [-0.3, -0.25) is 0 Å². The number of hydrogen-bond donors (Lipinski definition) is 1. The summed E-state index contributed by atoms with van der Waals surface area (Å²) in [5.41, 5.74) is 0.867. The van der Waals surface area contributed by atoms with Crippen molar-refractivity contribution >= 4 is 11.6 Å². The minimum absolute atomic E-state index is 0.135. The molecule has 0 aliphatic rings. The first-order valence-electron chi connectivity index (χ1n) is 6.69. The van der Waals surface area contributed by atoms with E-state index in [1.54, 1.807) is 0 Å². The summed E-state index contributed by atoms with van der Waals surface area (Å²) in [5.74, 6) is 0.825. The highest BCUT2D eigenvalue weighted by atomic mass is 35.5. The maximum absolute atomic E-state index is 6.20. The van der Waals surface area contributed by atoms with Gasteiger partial charge in [-0.2, -0.15) is 0 Å². The van der Waals surface area contributed by atoms with Gasteiger partial charge in [-0.1, -0.05) is 24.6 Å². The maximum Gasteiger partial charge on any atom is 0.125 e. The van der Waals surface area contributed by atoms with Crippen LogP contribution in [0.25, 0.3) is 0 Å². The largest absolute Gasteiger partial charge is 0.491 e. The highest BCUT2D eigenvalue weighted by Gasteiger charge is 2.11. The molecule has 0 saturated carbocycles. The Labute approximate surface area is 121 Å². The fourth-order valence-corrected chi connectivity index (χ4v) is 1.83. The third-order valence-electron chi connectivity index (χ3n) is 2.50. The first-order valence-corrected chi connectivity index (χ1v) is 7.06. The van der Waals surface area contributed by atoms with Crippen LogP contribution in [0.4, 0.5) is 0 Å².